The van der Waals surface area contributed by atoms with Gasteiger partial charge in [-0.3, -0.25) is 19.3 Å². The van der Waals surface area contributed by atoms with E-state index in [2.05, 4.69) is 5.32 Å². The lowest BCUT2D eigenvalue weighted by Crippen LogP contribution is -2.45. The van der Waals surface area contributed by atoms with Gasteiger partial charge >= 0.3 is 0 Å². The minimum Gasteiger partial charge on any atom is -0.350 e. The number of nitrogens with two attached hydrogens (primary N) is 1. The lowest BCUT2D eigenvalue weighted by molar-refractivity contribution is 0.0652. The van der Waals surface area contributed by atoms with Gasteiger partial charge in [-0.15, -0.1) is 12.4 Å². The molecule has 0 saturated carbocycles. The number of carbonyl (C=O) groups is 3. The minimum atomic E-state index is -0.519. The Bertz CT molecular complexity index is 653. The first-order valence-corrected chi connectivity index (χ1v) is 7.82. The number of fused-ring (bicyclic) bond motifs is 1. The number of nitrogens with one attached hydrogen (secondary N) is 1. The quantitative estimate of drug-likeness (QED) is 0.765. The van der Waals surface area contributed by atoms with Crippen molar-refractivity contribution in [2.24, 2.45) is 5.73 Å². The third-order valence-corrected chi connectivity index (χ3v) is 3.67. The second kappa shape index (κ2) is 7.77. The van der Waals surface area contributed by atoms with Gasteiger partial charge < -0.3 is 11.1 Å². The van der Waals surface area contributed by atoms with Crippen molar-refractivity contribution in [1.82, 2.24) is 10.2 Å². The molecule has 2 rings (SSSR count). The van der Waals surface area contributed by atoms with Crippen LogP contribution in [-0.2, 0) is 0 Å². The Morgan fingerprint density at radius 3 is 2.42 bits per heavy atom. The largest absolute Gasteiger partial charge is 0.350 e. The van der Waals surface area contributed by atoms with Crippen LogP contribution in [0.4, 0.5) is 0 Å². The molecule has 0 saturated heterocycles. The van der Waals surface area contributed by atoms with Crippen LogP contribution in [0.15, 0.2) is 18.2 Å². The van der Waals surface area contributed by atoms with E-state index in [-0.39, 0.29) is 30.1 Å². The summed E-state index contributed by atoms with van der Waals surface area (Å²) < 4.78 is 0. The van der Waals surface area contributed by atoms with E-state index in [1.807, 2.05) is 20.8 Å². The number of carbonyl (C=O) groups excluding carboxylic acids is 3. The third-order valence-electron chi connectivity index (χ3n) is 3.67. The predicted octanol–water partition coefficient (Wildman–Crippen LogP) is 1.97. The van der Waals surface area contributed by atoms with Gasteiger partial charge in [0.25, 0.3) is 17.7 Å². The fraction of sp³-hybridized carbons (Fsp3) is 0.471. The number of rotatable bonds is 6. The average molecular weight is 354 g/mol. The Hall–Kier alpha value is -1.92. The number of hydrogen-bond acceptors (Lipinski definition) is 4. The zero-order valence-electron chi connectivity index (χ0n) is 14.2. The molecular formula is C17H24ClN3O3. The molecule has 0 fully saturated rings. The number of nitrogens with zero attached hydrogens (tertiary/aromatic N) is 1. The lowest BCUT2D eigenvalue weighted by atomic mass is 10.0. The molecule has 1 heterocycles. The molecule has 132 valence electrons. The Labute approximate surface area is 148 Å². The summed E-state index contributed by atoms with van der Waals surface area (Å²) in [5.41, 5.74) is 6.33. The molecule has 3 N–H and O–H groups in total. The molecule has 0 aromatic heterocycles. The first-order valence-electron chi connectivity index (χ1n) is 7.82. The third kappa shape index (κ3) is 4.33. The number of halogens is 1. The summed E-state index contributed by atoms with van der Waals surface area (Å²) in [6, 6.07) is 4.59. The predicted molar refractivity (Wildman–Crippen MR) is 94.6 cm³/mol. The molecule has 0 bridgehead atoms. The molecule has 1 aliphatic heterocycles. The van der Waals surface area contributed by atoms with Crippen molar-refractivity contribution in [3.8, 4) is 0 Å². The minimum absolute atomic E-state index is 0. The fourth-order valence-electron chi connectivity index (χ4n) is 2.36. The standard InChI is InChI=1S/C17H23N3O3.ClH/c1-4-5-8-20-15(22)12-7-6-11(9-13(12)16(20)23)14(21)19-10-17(2,3)18;/h6-7,9H,4-5,8,10,18H2,1-3H3,(H,19,21);1H. The van der Waals surface area contributed by atoms with Crippen LogP contribution in [0, 0.1) is 0 Å². The van der Waals surface area contributed by atoms with Crippen molar-refractivity contribution in [1.29, 1.82) is 0 Å². The summed E-state index contributed by atoms with van der Waals surface area (Å²) in [5, 5.41) is 2.73. The molecule has 3 amide bonds. The number of unbranched alkanes of at least 4 members (excludes halogenated alkanes) is 1. The van der Waals surface area contributed by atoms with Crippen molar-refractivity contribution in [3.63, 3.8) is 0 Å². The van der Waals surface area contributed by atoms with Gasteiger partial charge in [0.15, 0.2) is 0 Å². The summed E-state index contributed by atoms with van der Waals surface area (Å²) in [5.74, 6) is -0.917. The maximum Gasteiger partial charge on any atom is 0.261 e. The number of amides is 3. The van der Waals surface area contributed by atoms with Gasteiger partial charge in [-0.1, -0.05) is 13.3 Å². The second-order valence-electron chi connectivity index (χ2n) is 6.55. The van der Waals surface area contributed by atoms with E-state index < -0.39 is 5.54 Å². The Balaban J connectivity index is 0.00000288. The van der Waals surface area contributed by atoms with E-state index in [1.165, 1.54) is 11.0 Å². The molecular weight excluding hydrogens is 330 g/mol. The summed E-state index contributed by atoms with van der Waals surface area (Å²) in [6.45, 7) is 6.34. The zero-order chi connectivity index (χ0) is 17.2. The van der Waals surface area contributed by atoms with Crippen molar-refractivity contribution in [2.45, 2.75) is 39.2 Å². The molecule has 0 atom stereocenters. The maximum absolute atomic E-state index is 12.4. The fourth-order valence-corrected chi connectivity index (χ4v) is 2.36. The van der Waals surface area contributed by atoms with E-state index in [1.54, 1.807) is 12.1 Å². The Morgan fingerprint density at radius 2 is 1.83 bits per heavy atom. The molecule has 6 nitrogen and oxygen atoms in total. The van der Waals surface area contributed by atoms with E-state index >= 15 is 0 Å². The molecule has 1 aromatic rings. The van der Waals surface area contributed by atoms with E-state index in [4.69, 9.17) is 5.73 Å². The van der Waals surface area contributed by atoms with Crippen molar-refractivity contribution < 1.29 is 14.4 Å². The topological polar surface area (TPSA) is 92.5 Å². The van der Waals surface area contributed by atoms with Crippen LogP contribution in [0.1, 0.15) is 64.7 Å². The molecule has 0 aliphatic carbocycles. The first-order chi connectivity index (χ1) is 10.7. The maximum atomic E-state index is 12.4. The second-order valence-corrected chi connectivity index (χ2v) is 6.55. The van der Waals surface area contributed by atoms with Crippen LogP contribution in [0.3, 0.4) is 0 Å². The summed E-state index contributed by atoms with van der Waals surface area (Å²) in [7, 11) is 0. The number of benzene rings is 1. The van der Waals surface area contributed by atoms with Crippen LogP contribution in [-0.4, -0.2) is 41.2 Å². The molecule has 0 spiro atoms. The SMILES string of the molecule is CCCCN1C(=O)c2ccc(C(=O)NCC(C)(C)N)cc2C1=O.Cl. The van der Waals surface area contributed by atoms with Crippen LogP contribution in [0.2, 0.25) is 0 Å². The van der Waals surface area contributed by atoms with Crippen molar-refractivity contribution in [2.75, 3.05) is 13.1 Å². The van der Waals surface area contributed by atoms with E-state index in [9.17, 15) is 14.4 Å². The lowest BCUT2D eigenvalue weighted by Gasteiger charge is -2.18. The van der Waals surface area contributed by atoms with Crippen LogP contribution in [0.5, 0.6) is 0 Å². The Kier molecular flexibility index (Phi) is 6.51. The summed E-state index contributed by atoms with van der Waals surface area (Å²) in [6.07, 6.45) is 1.67. The molecule has 7 heteroatoms. The van der Waals surface area contributed by atoms with Crippen LogP contribution in [0.25, 0.3) is 0 Å². The monoisotopic (exact) mass is 353 g/mol. The average Bonchev–Trinajstić information content (AvgIpc) is 2.73. The highest BCUT2D eigenvalue weighted by molar-refractivity contribution is 6.22. The molecule has 1 aromatic carbocycles. The highest BCUT2D eigenvalue weighted by Crippen LogP contribution is 2.24. The highest BCUT2D eigenvalue weighted by Gasteiger charge is 2.35. The zero-order valence-corrected chi connectivity index (χ0v) is 15.0. The van der Waals surface area contributed by atoms with E-state index in [0.717, 1.165) is 12.8 Å². The molecule has 24 heavy (non-hydrogen) atoms. The van der Waals surface area contributed by atoms with Gasteiger partial charge in [-0.25, -0.2) is 0 Å². The first kappa shape index (κ1) is 20.1. The van der Waals surface area contributed by atoms with Gasteiger partial charge in [0.05, 0.1) is 11.1 Å². The van der Waals surface area contributed by atoms with Gasteiger partial charge in [-0.2, -0.15) is 0 Å². The van der Waals surface area contributed by atoms with Gasteiger partial charge in [-0.05, 0) is 38.5 Å². The van der Waals surface area contributed by atoms with Crippen molar-refractivity contribution >= 4 is 30.1 Å². The highest BCUT2D eigenvalue weighted by atomic mass is 35.5. The molecule has 0 radical (unpaired) electrons. The normalized spacial score (nSPS) is 13.6. The Morgan fingerprint density at radius 1 is 1.21 bits per heavy atom. The van der Waals surface area contributed by atoms with Crippen molar-refractivity contribution in [3.05, 3.63) is 34.9 Å². The van der Waals surface area contributed by atoms with Crippen LogP contribution >= 0.6 is 12.4 Å². The number of imide groups is 1. The van der Waals surface area contributed by atoms with Gasteiger partial charge in [0.1, 0.15) is 0 Å². The smallest absolute Gasteiger partial charge is 0.261 e. The molecule has 1 aliphatic rings. The molecule has 0 unspecified atom stereocenters. The summed E-state index contributed by atoms with van der Waals surface area (Å²) >= 11 is 0. The number of hydrogen-bond donors (Lipinski definition) is 2. The van der Waals surface area contributed by atoms with Crippen LogP contribution < -0.4 is 11.1 Å². The van der Waals surface area contributed by atoms with Gasteiger partial charge in [0.2, 0.25) is 0 Å². The van der Waals surface area contributed by atoms with Gasteiger partial charge in [0, 0.05) is 24.2 Å². The van der Waals surface area contributed by atoms with E-state index in [0.29, 0.717) is 29.8 Å². The summed E-state index contributed by atoms with van der Waals surface area (Å²) in [4.78, 5) is 38.0.